The second-order valence-electron chi connectivity index (χ2n) is 4.21. The molecule has 98 valence electrons. The zero-order chi connectivity index (χ0) is 13.8. The molecule has 2 N–H and O–H groups in total. The Bertz CT molecular complexity index is 754. The Labute approximate surface area is 115 Å². The fraction of sp³-hybridized carbons (Fsp3) is 0. The van der Waals surface area contributed by atoms with Crippen LogP contribution in [0.4, 0.5) is 11.6 Å². The van der Waals surface area contributed by atoms with Crippen LogP contribution in [0, 0.1) is 0 Å². The molecule has 5 nitrogen and oxygen atoms in total. The minimum absolute atomic E-state index is 0.203. The lowest BCUT2D eigenvalue weighted by Crippen LogP contribution is -2.10. The summed E-state index contributed by atoms with van der Waals surface area (Å²) >= 11 is 0. The molecule has 0 amide bonds. The van der Waals surface area contributed by atoms with Gasteiger partial charge in [0, 0.05) is 29.7 Å². The number of hydrogen-bond donors (Lipinski definition) is 2. The van der Waals surface area contributed by atoms with Crippen molar-refractivity contribution in [2.45, 2.75) is 0 Å². The molecule has 2 aromatic heterocycles. The van der Waals surface area contributed by atoms with E-state index >= 15 is 0 Å². The number of benzene rings is 1. The fourth-order valence-electron chi connectivity index (χ4n) is 1.85. The van der Waals surface area contributed by atoms with Crippen molar-refractivity contribution >= 4 is 11.6 Å². The number of nitrogens with zero attached hydrogens (tertiary/aromatic N) is 2. The summed E-state index contributed by atoms with van der Waals surface area (Å²) in [5, 5.41) is 3.07. The van der Waals surface area contributed by atoms with Crippen LogP contribution in [-0.4, -0.2) is 15.0 Å². The first-order valence-corrected chi connectivity index (χ1v) is 6.15. The minimum atomic E-state index is -0.203. The van der Waals surface area contributed by atoms with Crippen molar-refractivity contribution in [2.24, 2.45) is 0 Å². The minimum Gasteiger partial charge on any atom is -0.326 e. The SMILES string of the molecule is O=c1cc(-c2ccncc2)nc(Nc2ccccc2)[nH]1. The van der Waals surface area contributed by atoms with E-state index in [2.05, 4.69) is 20.3 Å². The number of H-pyrrole nitrogens is 1. The van der Waals surface area contributed by atoms with E-state index in [1.165, 1.54) is 6.07 Å². The van der Waals surface area contributed by atoms with E-state index < -0.39 is 0 Å². The summed E-state index contributed by atoms with van der Waals surface area (Å²) in [5.41, 5.74) is 2.12. The molecule has 5 heteroatoms. The highest BCUT2D eigenvalue weighted by molar-refractivity contribution is 5.61. The van der Waals surface area contributed by atoms with Gasteiger partial charge >= 0.3 is 0 Å². The molecule has 3 rings (SSSR count). The average Bonchev–Trinajstić information content (AvgIpc) is 2.49. The molecule has 0 atom stereocenters. The number of nitrogens with one attached hydrogen (secondary N) is 2. The first-order valence-electron chi connectivity index (χ1n) is 6.15. The molecule has 0 aliphatic carbocycles. The molecule has 1 aromatic carbocycles. The predicted molar refractivity (Wildman–Crippen MR) is 77.8 cm³/mol. The van der Waals surface area contributed by atoms with Crippen molar-refractivity contribution in [3.05, 3.63) is 71.3 Å². The number of pyridine rings is 1. The quantitative estimate of drug-likeness (QED) is 0.762. The molecule has 0 saturated carbocycles. The van der Waals surface area contributed by atoms with E-state index in [1.807, 2.05) is 42.5 Å². The van der Waals surface area contributed by atoms with Crippen molar-refractivity contribution < 1.29 is 0 Å². The van der Waals surface area contributed by atoms with Gasteiger partial charge in [0.05, 0.1) is 5.69 Å². The summed E-state index contributed by atoms with van der Waals surface area (Å²) in [6.07, 6.45) is 3.34. The maximum Gasteiger partial charge on any atom is 0.252 e. The van der Waals surface area contributed by atoms with E-state index in [-0.39, 0.29) is 5.56 Å². The molecule has 2 heterocycles. The highest BCUT2D eigenvalue weighted by Gasteiger charge is 2.04. The maximum absolute atomic E-state index is 11.7. The Hall–Kier alpha value is -2.95. The summed E-state index contributed by atoms with van der Waals surface area (Å²) in [6.45, 7) is 0. The number of aromatic nitrogens is 3. The molecule has 0 saturated heterocycles. The summed E-state index contributed by atoms with van der Waals surface area (Å²) in [6, 6.07) is 14.6. The van der Waals surface area contributed by atoms with E-state index in [9.17, 15) is 4.79 Å². The van der Waals surface area contributed by atoms with Gasteiger partial charge in [0.15, 0.2) is 0 Å². The van der Waals surface area contributed by atoms with Crippen LogP contribution in [0.2, 0.25) is 0 Å². The van der Waals surface area contributed by atoms with E-state index in [1.54, 1.807) is 12.4 Å². The summed E-state index contributed by atoms with van der Waals surface area (Å²) in [4.78, 5) is 22.8. The number of hydrogen-bond acceptors (Lipinski definition) is 4. The monoisotopic (exact) mass is 264 g/mol. The lowest BCUT2D eigenvalue weighted by atomic mass is 10.2. The first kappa shape index (κ1) is 12.1. The van der Waals surface area contributed by atoms with Gasteiger partial charge in [-0.25, -0.2) is 4.98 Å². The molecule has 0 bridgehead atoms. The zero-order valence-corrected chi connectivity index (χ0v) is 10.6. The van der Waals surface area contributed by atoms with Crippen LogP contribution in [0.3, 0.4) is 0 Å². The predicted octanol–water partition coefficient (Wildman–Crippen LogP) is 2.58. The molecule has 0 aliphatic heterocycles. The van der Waals surface area contributed by atoms with Gasteiger partial charge in [0.1, 0.15) is 0 Å². The van der Waals surface area contributed by atoms with E-state index in [4.69, 9.17) is 0 Å². The molecular weight excluding hydrogens is 252 g/mol. The first-order chi connectivity index (χ1) is 9.81. The van der Waals surface area contributed by atoms with Crippen LogP contribution >= 0.6 is 0 Å². The molecular formula is C15H12N4O. The Morgan fingerprint density at radius 1 is 1.00 bits per heavy atom. The highest BCUT2D eigenvalue weighted by atomic mass is 16.1. The van der Waals surface area contributed by atoms with Crippen LogP contribution in [0.15, 0.2) is 65.7 Å². The van der Waals surface area contributed by atoms with E-state index in [0.29, 0.717) is 11.6 Å². The number of para-hydroxylation sites is 1. The zero-order valence-electron chi connectivity index (χ0n) is 10.6. The summed E-state index contributed by atoms with van der Waals surface area (Å²) in [7, 11) is 0. The molecule has 3 aromatic rings. The number of anilines is 2. The van der Waals surface area contributed by atoms with Gasteiger partial charge in [0.25, 0.3) is 5.56 Å². The van der Waals surface area contributed by atoms with Crippen molar-refractivity contribution in [1.82, 2.24) is 15.0 Å². The molecule has 0 unspecified atom stereocenters. The molecule has 0 radical (unpaired) electrons. The van der Waals surface area contributed by atoms with Gasteiger partial charge < -0.3 is 5.32 Å². The molecule has 20 heavy (non-hydrogen) atoms. The lowest BCUT2D eigenvalue weighted by molar-refractivity contribution is 1.12. The largest absolute Gasteiger partial charge is 0.326 e. The Balaban J connectivity index is 1.97. The van der Waals surface area contributed by atoms with Crippen LogP contribution in [0.1, 0.15) is 0 Å². The van der Waals surface area contributed by atoms with Crippen molar-refractivity contribution in [3.63, 3.8) is 0 Å². The van der Waals surface area contributed by atoms with Gasteiger partial charge in [-0.15, -0.1) is 0 Å². The van der Waals surface area contributed by atoms with E-state index in [0.717, 1.165) is 11.3 Å². The summed E-state index contributed by atoms with van der Waals surface area (Å²) in [5.74, 6) is 0.413. The van der Waals surface area contributed by atoms with Gasteiger partial charge in [-0.05, 0) is 24.3 Å². The van der Waals surface area contributed by atoms with Crippen LogP contribution in [0.5, 0.6) is 0 Å². The smallest absolute Gasteiger partial charge is 0.252 e. The van der Waals surface area contributed by atoms with Crippen LogP contribution in [0.25, 0.3) is 11.3 Å². The Morgan fingerprint density at radius 2 is 1.75 bits per heavy atom. The Kier molecular flexibility index (Phi) is 3.24. The average molecular weight is 264 g/mol. The standard InChI is InChI=1S/C15H12N4O/c20-14-10-13(11-6-8-16-9-7-11)18-15(19-14)17-12-4-2-1-3-5-12/h1-10H,(H2,17,18,19,20). The third kappa shape index (κ3) is 2.72. The number of rotatable bonds is 3. The van der Waals surface area contributed by atoms with Crippen molar-refractivity contribution in [3.8, 4) is 11.3 Å². The normalized spacial score (nSPS) is 10.2. The topological polar surface area (TPSA) is 70.7 Å². The van der Waals surface area contributed by atoms with Gasteiger partial charge in [-0.3, -0.25) is 14.8 Å². The van der Waals surface area contributed by atoms with Gasteiger partial charge in [0.2, 0.25) is 5.95 Å². The van der Waals surface area contributed by atoms with Gasteiger partial charge in [-0.2, -0.15) is 0 Å². The maximum atomic E-state index is 11.7. The second-order valence-corrected chi connectivity index (χ2v) is 4.21. The van der Waals surface area contributed by atoms with Crippen LogP contribution < -0.4 is 10.9 Å². The van der Waals surface area contributed by atoms with Crippen molar-refractivity contribution in [2.75, 3.05) is 5.32 Å². The lowest BCUT2D eigenvalue weighted by Gasteiger charge is -2.06. The summed E-state index contributed by atoms with van der Waals surface area (Å²) < 4.78 is 0. The van der Waals surface area contributed by atoms with Gasteiger partial charge in [-0.1, -0.05) is 18.2 Å². The Morgan fingerprint density at radius 3 is 2.50 bits per heavy atom. The third-order valence-electron chi connectivity index (χ3n) is 2.75. The van der Waals surface area contributed by atoms with Crippen molar-refractivity contribution in [1.29, 1.82) is 0 Å². The fourth-order valence-corrected chi connectivity index (χ4v) is 1.85. The van der Waals surface area contributed by atoms with Crippen LogP contribution in [-0.2, 0) is 0 Å². The molecule has 0 fully saturated rings. The molecule has 0 aliphatic rings. The highest BCUT2D eigenvalue weighted by Crippen LogP contribution is 2.16. The third-order valence-corrected chi connectivity index (χ3v) is 2.75. The molecule has 0 spiro atoms. The number of aromatic amines is 1. The second kappa shape index (κ2) is 5.36.